The zero-order chi connectivity index (χ0) is 19.8. The zero-order valence-corrected chi connectivity index (χ0v) is 15.5. The summed E-state index contributed by atoms with van der Waals surface area (Å²) in [5.41, 5.74) is 5.70. The fraction of sp³-hybridized carbons (Fsp3) is 0.0870. The molecule has 5 nitrogen and oxygen atoms in total. The minimum Gasteiger partial charge on any atom is -0.423 e. The van der Waals surface area contributed by atoms with Gasteiger partial charge in [-0.15, -0.1) is 0 Å². The first-order valence-electron chi connectivity index (χ1n) is 8.85. The van der Waals surface area contributed by atoms with E-state index < -0.39 is 5.97 Å². The fourth-order valence-electron chi connectivity index (χ4n) is 2.56. The van der Waals surface area contributed by atoms with Crippen LogP contribution in [0.1, 0.15) is 27.0 Å². The van der Waals surface area contributed by atoms with E-state index in [9.17, 15) is 9.59 Å². The average molecular weight is 372 g/mol. The smallest absolute Gasteiger partial charge is 0.343 e. The normalized spacial score (nSPS) is 10.6. The van der Waals surface area contributed by atoms with Gasteiger partial charge in [-0.25, -0.2) is 10.2 Å². The van der Waals surface area contributed by atoms with Gasteiger partial charge in [0.15, 0.2) is 0 Å². The van der Waals surface area contributed by atoms with Crippen molar-refractivity contribution in [3.8, 4) is 5.75 Å². The number of hydrazone groups is 1. The molecule has 3 aromatic carbocycles. The van der Waals surface area contributed by atoms with E-state index in [2.05, 4.69) is 10.5 Å². The van der Waals surface area contributed by atoms with Gasteiger partial charge in [-0.1, -0.05) is 48.0 Å². The number of carbonyl (C=O) groups is 2. The summed E-state index contributed by atoms with van der Waals surface area (Å²) in [6.07, 6.45) is 1.81. The van der Waals surface area contributed by atoms with E-state index in [1.165, 1.54) is 6.21 Å². The van der Waals surface area contributed by atoms with Gasteiger partial charge in [0, 0.05) is 0 Å². The lowest BCUT2D eigenvalue weighted by Gasteiger charge is -2.05. The second-order valence-electron chi connectivity index (χ2n) is 6.28. The molecule has 0 bridgehead atoms. The molecule has 0 aliphatic heterocycles. The second-order valence-corrected chi connectivity index (χ2v) is 6.28. The Balaban J connectivity index is 1.52. The Bertz CT molecular complexity index is 980. The lowest BCUT2D eigenvalue weighted by Crippen LogP contribution is -2.19. The number of amides is 1. The highest BCUT2D eigenvalue weighted by Gasteiger charge is 2.08. The van der Waals surface area contributed by atoms with Crippen LogP contribution in [0.2, 0.25) is 0 Å². The lowest BCUT2D eigenvalue weighted by molar-refractivity contribution is -0.120. The van der Waals surface area contributed by atoms with Crippen molar-refractivity contribution < 1.29 is 14.3 Å². The van der Waals surface area contributed by atoms with Gasteiger partial charge in [-0.3, -0.25) is 4.79 Å². The number of hydrogen-bond acceptors (Lipinski definition) is 4. The zero-order valence-electron chi connectivity index (χ0n) is 15.5. The number of ether oxygens (including phenoxy) is 1. The summed E-state index contributed by atoms with van der Waals surface area (Å²) in [5.74, 6) is -0.152. The highest BCUT2D eigenvalue weighted by atomic mass is 16.5. The molecule has 3 rings (SSSR count). The van der Waals surface area contributed by atoms with Crippen LogP contribution < -0.4 is 10.2 Å². The maximum absolute atomic E-state index is 12.2. The Kier molecular flexibility index (Phi) is 6.31. The Morgan fingerprint density at radius 3 is 2.43 bits per heavy atom. The molecule has 0 saturated heterocycles. The highest BCUT2D eigenvalue weighted by Crippen LogP contribution is 2.14. The first-order chi connectivity index (χ1) is 13.6. The number of aryl methyl sites for hydroxylation is 1. The van der Waals surface area contributed by atoms with Gasteiger partial charge in [-0.05, 0) is 54.4 Å². The number of rotatable bonds is 6. The number of hydrogen-bond donors (Lipinski definition) is 1. The van der Waals surface area contributed by atoms with Crippen LogP contribution in [0.3, 0.4) is 0 Å². The van der Waals surface area contributed by atoms with Gasteiger partial charge in [0.2, 0.25) is 5.91 Å². The summed E-state index contributed by atoms with van der Waals surface area (Å²) in [4.78, 5) is 24.0. The minimum atomic E-state index is -0.404. The van der Waals surface area contributed by atoms with Crippen LogP contribution in [0.15, 0.2) is 84.0 Å². The molecule has 0 heterocycles. The molecule has 0 radical (unpaired) electrons. The molecule has 0 saturated carbocycles. The van der Waals surface area contributed by atoms with Gasteiger partial charge in [0.05, 0.1) is 18.2 Å². The Morgan fingerprint density at radius 1 is 0.964 bits per heavy atom. The van der Waals surface area contributed by atoms with Crippen LogP contribution in [-0.2, 0) is 11.2 Å². The summed E-state index contributed by atoms with van der Waals surface area (Å²) in [6.45, 7) is 1.92. The third kappa shape index (κ3) is 5.64. The molecule has 28 heavy (non-hydrogen) atoms. The van der Waals surface area contributed by atoms with Gasteiger partial charge in [0.25, 0.3) is 0 Å². The predicted molar refractivity (Wildman–Crippen MR) is 108 cm³/mol. The molecule has 0 aromatic heterocycles. The highest BCUT2D eigenvalue weighted by molar-refractivity contribution is 5.91. The molecule has 1 N–H and O–H groups in total. The fourth-order valence-corrected chi connectivity index (χ4v) is 2.56. The van der Waals surface area contributed by atoms with Crippen molar-refractivity contribution in [1.82, 2.24) is 5.43 Å². The van der Waals surface area contributed by atoms with Crippen molar-refractivity contribution in [2.24, 2.45) is 5.10 Å². The van der Waals surface area contributed by atoms with Crippen LogP contribution in [0.4, 0.5) is 0 Å². The minimum absolute atomic E-state index is 0.189. The maximum Gasteiger partial charge on any atom is 0.343 e. The average Bonchev–Trinajstić information content (AvgIpc) is 2.70. The molecule has 0 aliphatic carbocycles. The topological polar surface area (TPSA) is 67.8 Å². The predicted octanol–water partition coefficient (Wildman–Crippen LogP) is 3.91. The van der Waals surface area contributed by atoms with Gasteiger partial charge in [0.1, 0.15) is 5.75 Å². The molecule has 3 aromatic rings. The van der Waals surface area contributed by atoms with E-state index in [0.717, 1.165) is 16.7 Å². The molecule has 0 unspecified atom stereocenters. The largest absolute Gasteiger partial charge is 0.423 e. The van der Waals surface area contributed by atoms with Crippen LogP contribution in [-0.4, -0.2) is 18.1 Å². The molecular formula is C23H20N2O3. The number of esters is 1. The van der Waals surface area contributed by atoms with E-state index in [4.69, 9.17) is 4.74 Å². The second kappa shape index (κ2) is 9.28. The summed E-state index contributed by atoms with van der Waals surface area (Å²) in [7, 11) is 0. The van der Waals surface area contributed by atoms with Crippen molar-refractivity contribution in [3.63, 3.8) is 0 Å². The Morgan fingerprint density at radius 2 is 1.71 bits per heavy atom. The van der Waals surface area contributed by atoms with E-state index in [1.807, 2.05) is 49.4 Å². The Hall–Kier alpha value is -3.73. The Labute approximate surface area is 163 Å². The molecule has 0 aliphatic rings. The first-order valence-corrected chi connectivity index (χ1v) is 8.85. The maximum atomic E-state index is 12.2. The first kappa shape index (κ1) is 19.0. The SMILES string of the molecule is Cc1cccc(C(=O)Oc2ccc(/C=N\NC(=O)Cc3ccccc3)cc2)c1. The van der Waals surface area contributed by atoms with E-state index in [0.29, 0.717) is 11.3 Å². The van der Waals surface area contributed by atoms with Crippen molar-refractivity contribution in [3.05, 3.63) is 101 Å². The molecule has 140 valence electrons. The quantitative estimate of drug-likeness (QED) is 0.309. The van der Waals surface area contributed by atoms with Crippen molar-refractivity contribution in [2.45, 2.75) is 13.3 Å². The van der Waals surface area contributed by atoms with Crippen molar-refractivity contribution >= 4 is 18.1 Å². The molecule has 0 fully saturated rings. The van der Waals surface area contributed by atoms with E-state index >= 15 is 0 Å². The van der Waals surface area contributed by atoms with Crippen LogP contribution in [0.5, 0.6) is 5.75 Å². The van der Waals surface area contributed by atoms with Gasteiger partial charge >= 0.3 is 5.97 Å². The van der Waals surface area contributed by atoms with Crippen LogP contribution in [0.25, 0.3) is 0 Å². The van der Waals surface area contributed by atoms with Crippen LogP contribution >= 0.6 is 0 Å². The molecular weight excluding hydrogens is 352 g/mol. The van der Waals surface area contributed by atoms with Gasteiger partial charge in [-0.2, -0.15) is 5.10 Å². The van der Waals surface area contributed by atoms with Crippen LogP contribution in [0, 0.1) is 6.92 Å². The van der Waals surface area contributed by atoms with Crippen molar-refractivity contribution in [1.29, 1.82) is 0 Å². The van der Waals surface area contributed by atoms with Gasteiger partial charge < -0.3 is 4.74 Å². The number of carbonyl (C=O) groups excluding carboxylic acids is 2. The third-order valence-corrected chi connectivity index (χ3v) is 3.95. The number of nitrogens with one attached hydrogen (secondary N) is 1. The van der Waals surface area contributed by atoms with E-state index in [-0.39, 0.29) is 12.3 Å². The lowest BCUT2D eigenvalue weighted by atomic mass is 10.1. The number of benzene rings is 3. The molecule has 5 heteroatoms. The number of nitrogens with zero attached hydrogens (tertiary/aromatic N) is 1. The van der Waals surface area contributed by atoms with E-state index in [1.54, 1.807) is 36.4 Å². The third-order valence-electron chi connectivity index (χ3n) is 3.95. The molecule has 1 amide bonds. The molecule has 0 spiro atoms. The molecule has 0 atom stereocenters. The monoisotopic (exact) mass is 372 g/mol. The standard InChI is InChI=1S/C23H20N2O3/c1-17-6-5-9-20(14-17)23(27)28-21-12-10-19(11-13-21)16-24-25-22(26)15-18-7-3-2-4-8-18/h2-14,16H,15H2,1H3,(H,25,26)/b24-16-. The summed E-state index contributed by atoms with van der Waals surface area (Å²) < 4.78 is 5.37. The summed E-state index contributed by atoms with van der Waals surface area (Å²) in [5, 5.41) is 3.95. The summed E-state index contributed by atoms with van der Waals surface area (Å²) in [6, 6.07) is 23.6. The summed E-state index contributed by atoms with van der Waals surface area (Å²) >= 11 is 0. The van der Waals surface area contributed by atoms with Crippen molar-refractivity contribution in [2.75, 3.05) is 0 Å².